The summed E-state index contributed by atoms with van der Waals surface area (Å²) in [4.78, 5) is 2.52. The van der Waals surface area contributed by atoms with Crippen LogP contribution in [-0.4, -0.2) is 36.0 Å². The third-order valence-electron chi connectivity index (χ3n) is 3.28. The lowest BCUT2D eigenvalue weighted by molar-refractivity contribution is 0.0141. The van der Waals surface area contributed by atoms with Crippen LogP contribution >= 0.6 is 38.5 Å². The Morgan fingerprint density at radius 3 is 2.50 bits per heavy atom. The smallest absolute Gasteiger partial charge is 0.0599 e. The third kappa shape index (κ3) is 4.79. The van der Waals surface area contributed by atoms with Crippen molar-refractivity contribution in [3.05, 3.63) is 33.4 Å². The zero-order valence-corrected chi connectivity index (χ0v) is 14.2. The number of nitrogens with zero attached hydrogens (tertiary/aromatic N) is 1. The fraction of sp³-hybridized carbons (Fsp3) is 0.571. The van der Waals surface area contributed by atoms with Crippen molar-refractivity contribution in [1.29, 1.82) is 0 Å². The van der Waals surface area contributed by atoms with Crippen molar-refractivity contribution in [3.8, 4) is 0 Å². The molecule has 1 aromatic rings. The Morgan fingerprint density at radius 2 is 1.89 bits per heavy atom. The van der Waals surface area contributed by atoms with Gasteiger partial charge in [0, 0.05) is 28.5 Å². The highest BCUT2D eigenvalue weighted by Gasteiger charge is 2.19. The van der Waals surface area contributed by atoms with Crippen molar-refractivity contribution in [2.45, 2.75) is 25.5 Å². The number of halogens is 2. The number of alkyl halides is 1. The van der Waals surface area contributed by atoms with E-state index in [1.165, 1.54) is 9.13 Å². The number of likely N-dealkylation sites (tertiary alicyclic amines) is 1. The van der Waals surface area contributed by atoms with E-state index in [1.54, 1.807) is 0 Å². The number of hydrogen-bond donors (Lipinski definition) is 0. The summed E-state index contributed by atoms with van der Waals surface area (Å²) >= 11 is 5.75. The SMILES string of the molecule is BrCCOC1CCN(Cc2ccc(I)cc2)CC1. The average Bonchev–Trinajstić information content (AvgIpc) is 2.41. The summed E-state index contributed by atoms with van der Waals surface area (Å²) in [6.07, 6.45) is 2.80. The molecule has 0 unspecified atom stereocenters. The summed E-state index contributed by atoms with van der Waals surface area (Å²) in [5.41, 5.74) is 1.41. The van der Waals surface area contributed by atoms with Crippen LogP contribution in [0.1, 0.15) is 18.4 Å². The van der Waals surface area contributed by atoms with Crippen molar-refractivity contribution in [2.75, 3.05) is 25.0 Å². The highest BCUT2D eigenvalue weighted by atomic mass is 127. The van der Waals surface area contributed by atoms with E-state index < -0.39 is 0 Å². The van der Waals surface area contributed by atoms with Crippen LogP contribution in [0, 0.1) is 3.57 Å². The predicted octanol–water partition coefficient (Wildman–Crippen LogP) is 3.67. The van der Waals surface area contributed by atoms with Crippen LogP contribution in [-0.2, 0) is 11.3 Å². The largest absolute Gasteiger partial charge is 0.377 e. The molecule has 0 bridgehead atoms. The second kappa shape index (κ2) is 7.82. The highest BCUT2D eigenvalue weighted by Crippen LogP contribution is 2.17. The van der Waals surface area contributed by atoms with Gasteiger partial charge in [-0.1, -0.05) is 28.1 Å². The standard InChI is InChI=1S/C14H19BrINO/c15-7-10-18-14-5-8-17(9-6-14)11-12-1-3-13(16)4-2-12/h1-4,14H,5-11H2. The lowest BCUT2D eigenvalue weighted by atomic mass is 10.1. The van der Waals surface area contributed by atoms with Gasteiger partial charge >= 0.3 is 0 Å². The van der Waals surface area contributed by atoms with Gasteiger partial charge in [-0.25, -0.2) is 0 Å². The zero-order chi connectivity index (χ0) is 12.8. The summed E-state index contributed by atoms with van der Waals surface area (Å²) < 4.78 is 7.08. The van der Waals surface area contributed by atoms with Crippen LogP contribution in [0.2, 0.25) is 0 Å². The van der Waals surface area contributed by atoms with E-state index in [4.69, 9.17) is 4.74 Å². The van der Waals surface area contributed by atoms with Crippen LogP contribution in [0.3, 0.4) is 0 Å². The maximum atomic E-state index is 5.77. The van der Waals surface area contributed by atoms with Gasteiger partial charge in [0.05, 0.1) is 12.7 Å². The van der Waals surface area contributed by atoms with Crippen molar-refractivity contribution in [3.63, 3.8) is 0 Å². The Bertz CT molecular complexity index is 349. The van der Waals surface area contributed by atoms with Gasteiger partial charge in [-0.2, -0.15) is 0 Å². The highest BCUT2D eigenvalue weighted by molar-refractivity contribution is 14.1. The molecule has 1 aliphatic rings. The number of piperidine rings is 1. The number of benzene rings is 1. The molecule has 1 aromatic carbocycles. The third-order valence-corrected chi connectivity index (χ3v) is 4.33. The minimum Gasteiger partial charge on any atom is -0.377 e. The van der Waals surface area contributed by atoms with Crippen molar-refractivity contribution >= 4 is 38.5 Å². The second-order valence-electron chi connectivity index (χ2n) is 4.66. The van der Waals surface area contributed by atoms with Crippen LogP contribution in [0.25, 0.3) is 0 Å². The molecule has 0 aliphatic carbocycles. The normalized spacial score (nSPS) is 18.1. The van der Waals surface area contributed by atoms with Gasteiger partial charge in [-0.15, -0.1) is 0 Å². The molecular weight excluding hydrogens is 405 g/mol. The quantitative estimate of drug-likeness (QED) is 0.529. The van der Waals surface area contributed by atoms with Crippen LogP contribution in [0.5, 0.6) is 0 Å². The minimum absolute atomic E-state index is 0.468. The summed E-state index contributed by atoms with van der Waals surface area (Å²) in [5, 5.41) is 0.940. The van der Waals surface area contributed by atoms with Crippen LogP contribution < -0.4 is 0 Å². The molecule has 0 N–H and O–H groups in total. The Kier molecular flexibility index (Phi) is 6.41. The van der Waals surface area contributed by atoms with Gasteiger partial charge in [0.2, 0.25) is 0 Å². The van der Waals surface area contributed by atoms with E-state index in [1.807, 2.05) is 0 Å². The fourth-order valence-corrected chi connectivity index (χ4v) is 2.84. The molecule has 100 valence electrons. The first kappa shape index (κ1) is 14.8. The lowest BCUT2D eigenvalue weighted by Gasteiger charge is -2.31. The molecule has 0 spiro atoms. The summed E-state index contributed by atoms with van der Waals surface area (Å²) in [6.45, 7) is 4.21. The first-order chi connectivity index (χ1) is 8.78. The molecule has 0 saturated carbocycles. The minimum atomic E-state index is 0.468. The number of rotatable bonds is 5. The molecule has 1 fully saturated rings. The zero-order valence-electron chi connectivity index (χ0n) is 10.4. The molecule has 1 heterocycles. The molecule has 1 aliphatic heterocycles. The first-order valence-electron chi connectivity index (χ1n) is 6.42. The van der Waals surface area contributed by atoms with Crippen LogP contribution in [0.15, 0.2) is 24.3 Å². The Morgan fingerprint density at radius 1 is 1.22 bits per heavy atom. The molecule has 18 heavy (non-hydrogen) atoms. The van der Waals surface area contributed by atoms with Gasteiger partial charge in [0.25, 0.3) is 0 Å². The molecule has 2 rings (SSSR count). The number of hydrogen-bond acceptors (Lipinski definition) is 2. The number of ether oxygens (including phenoxy) is 1. The van der Waals surface area contributed by atoms with Gasteiger partial charge < -0.3 is 4.74 Å². The fourth-order valence-electron chi connectivity index (χ4n) is 2.29. The Labute approximate surface area is 131 Å². The topological polar surface area (TPSA) is 12.5 Å². The van der Waals surface area contributed by atoms with E-state index in [0.717, 1.165) is 44.4 Å². The van der Waals surface area contributed by atoms with E-state index in [2.05, 4.69) is 67.7 Å². The maximum absolute atomic E-state index is 5.77. The molecule has 0 radical (unpaired) electrons. The first-order valence-corrected chi connectivity index (χ1v) is 8.62. The molecule has 0 aromatic heterocycles. The molecular formula is C14H19BrINO. The van der Waals surface area contributed by atoms with Crippen molar-refractivity contribution in [2.24, 2.45) is 0 Å². The Balaban J connectivity index is 1.74. The van der Waals surface area contributed by atoms with Gasteiger partial charge in [-0.05, 0) is 53.1 Å². The molecule has 1 saturated heterocycles. The van der Waals surface area contributed by atoms with E-state index in [-0.39, 0.29) is 0 Å². The summed E-state index contributed by atoms with van der Waals surface area (Å²) in [7, 11) is 0. The van der Waals surface area contributed by atoms with Crippen molar-refractivity contribution < 1.29 is 4.74 Å². The van der Waals surface area contributed by atoms with Gasteiger partial charge in [-0.3, -0.25) is 4.90 Å². The lowest BCUT2D eigenvalue weighted by Crippen LogP contribution is -2.36. The van der Waals surface area contributed by atoms with Gasteiger partial charge in [0.1, 0.15) is 0 Å². The van der Waals surface area contributed by atoms with E-state index in [9.17, 15) is 0 Å². The molecule has 0 amide bonds. The molecule has 4 heteroatoms. The monoisotopic (exact) mass is 423 g/mol. The second-order valence-corrected chi connectivity index (χ2v) is 6.70. The maximum Gasteiger partial charge on any atom is 0.0599 e. The van der Waals surface area contributed by atoms with E-state index in [0.29, 0.717) is 6.10 Å². The molecule has 2 nitrogen and oxygen atoms in total. The Hall–Kier alpha value is 0.350. The molecule has 0 atom stereocenters. The predicted molar refractivity (Wildman–Crippen MR) is 87.2 cm³/mol. The van der Waals surface area contributed by atoms with Crippen LogP contribution in [0.4, 0.5) is 0 Å². The van der Waals surface area contributed by atoms with E-state index >= 15 is 0 Å². The van der Waals surface area contributed by atoms with Crippen molar-refractivity contribution in [1.82, 2.24) is 4.90 Å². The van der Waals surface area contributed by atoms with Gasteiger partial charge in [0.15, 0.2) is 0 Å². The summed E-state index contributed by atoms with van der Waals surface area (Å²) in [6, 6.07) is 8.83. The summed E-state index contributed by atoms with van der Waals surface area (Å²) in [5.74, 6) is 0. The average molecular weight is 424 g/mol.